The van der Waals surface area contributed by atoms with E-state index in [1.165, 1.54) is 11.3 Å². The molecule has 0 aliphatic carbocycles. The van der Waals surface area contributed by atoms with Gasteiger partial charge in [0.2, 0.25) is 0 Å². The van der Waals surface area contributed by atoms with Crippen molar-refractivity contribution in [3.63, 3.8) is 0 Å². The number of aromatic nitrogens is 1. The topological polar surface area (TPSA) is 38.9 Å². The highest BCUT2D eigenvalue weighted by atomic mass is 35.5. The number of rotatable bonds is 2. The van der Waals surface area contributed by atoms with Crippen LogP contribution in [0.1, 0.15) is 36.9 Å². The Hall–Kier alpha value is -0.480. The molecule has 108 valence electrons. The van der Waals surface area contributed by atoms with E-state index >= 15 is 0 Å². The highest BCUT2D eigenvalue weighted by molar-refractivity contribution is 7.15. The van der Waals surface area contributed by atoms with E-state index in [0.29, 0.717) is 26.6 Å². The van der Waals surface area contributed by atoms with Gasteiger partial charge in [0.25, 0.3) is 0 Å². The number of hydrogen-bond acceptors (Lipinski definition) is 3. The molecule has 1 aromatic carbocycles. The van der Waals surface area contributed by atoms with Gasteiger partial charge in [0.05, 0.1) is 5.69 Å². The molecule has 0 unspecified atom stereocenters. The van der Waals surface area contributed by atoms with E-state index in [4.69, 9.17) is 40.5 Å². The predicted molar refractivity (Wildman–Crippen MR) is 89.5 cm³/mol. The predicted octanol–water partition coefficient (Wildman–Crippen LogP) is 5.57. The maximum atomic E-state index is 6.24. The minimum Gasteiger partial charge on any atom is -0.375 e. The van der Waals surface area contributed by atoms with Gasteiger partial charge in [0, 0.05) is 31.8 Å². The second-order valence-corrected chi connectivity index (χ2v) is 7.96. The van der Waals surface area contributed by atoms with Crippen molar-refractivity contribution in [3.05, 3.63) is 43.3 Å². The smallest absolute Gasteiger partial charge is 0.180 e. The van der Waals surface area contributed by atoms with Crippen LogP contribution in [0.5, 0.6) is 0 Å². The maximum absolute atomic E-state index is 6.24. The van der Waals surface area contributed by atoms with Crippen LogP contribution in [-0.2, 0) is 11.8 Å². The fourth-order valence-corrected chi connectivity index (χ4v) is 3.98. The molecular weight excluding hydrogens is 335 g/mol. The second kappa shape index (κ2) is 5.72. The number of nitrogens with zero attached hydrogens (tertiary/aromatic N) is 1. The molecule has 0 atom stereocenters. The molecule has 20 heavy (non-hydrogen) atoms. The molecule has 0 radical (unpaired) electrons. The lowest BCUT2D eigenvalue weighted by molar-refractivity contribution is 0.568. The molecular formula is C14H15Cl3N2S. The van der Waals surface area contributed by atoms with Gasteiger partial charge in [-0.2, -0.15) is 0 Å². The number of benzene rings is 1. The van der Waals surface area contributed by atoms with Crippen molar-refractivity contribution in [1.82, 2.24) is 4.98 Å². The van der Waals surface area contributed by atoms with Gasteiger partial charge in [0.1, 0.15) is 0 Å². The standard InChI is InChI=1S/C14H15Cl3N2S/c1-14(2,3)12-11(20-13(18)19-12)6-8-9(16)4-7(15)5-10(8)17/h4-5H,6H2,1-3H3,(H2,18,19). The van der Waals surface area contributed by atoms with Crippen LogP contribution < -0.4 is 5.73 Å². The van der Waals surface area contributed by atoms with Crippen LogP contribution in [-0.4, -0.2) is 4.98 Å². The van der Waals surface area contributed by atoms with Crippen molar-refractivity contribution in [1.29, 1.82) is 0 Å². The van der Waals surface area contributed by atoms with Crippen LogP contribution in [0.15, 0.2) is 12.1 Å². The number of nitrogens with two attached hydrogens (primary N) is 1. The first-order valence-corrected chi connectivity index (χ1v) is 8.02. The van der Waals surface area contributed by atoms with Crippen molar-refractivity contribution in [2.75, 3.05) is 5.73 Å². The van der Waals surface area contributed by atoms with Crippen LogP contribution in [0.25, 0.3) is 0 Å². The number of thiazole rings is 1. The SMILES string of the molecule is CC(C)(C)c1nc(N)sc1Cc1c(Cl)cc(Cl)cc1Cl. The lowest BCUT2D eigenvalue weighted by atomic mass is 9.90. The van der Waals surface area contributed by atoms with Crippen molar-refractivity contribution in [2.24, 2.45) is 0 Å². The number of hydrogen-bond donors (Lipinski definition) is 1. The fraction of sp³-hybridized carbons (Fsp3) is 0.357. The zero-order valence-corrected chi connectivity index (χ0v) is 14.5. The molecule has 0 saturated carbocycles. The van der Waals surface area contributed by atoms with Gasteiger partial charge in [-0.3, -0.25) is 0 Å². The van der Waals surface area contributed by atoms with Crippen LogP contribution >= 0.6 is 46.1 Å². The Balaban J connectivity index is 2.46. The third-order valence-electron chi connectivity index (χ3n) is 2.87. The molecule has 0 amide bonds. The summed E-state index contributed by atoms with van der Waals surface area (Å²) in [4.78, 5) is 5.52. The summed E-state index contributed by atoms with van der Waals surface area (Å²) in [6.45, 7) is 6.32. The molecule has 1 aromatic heterocycles. The summed E-state index contributed by atoms with van der Waals surface area (Å²) >= 11 is 19.9. The summed E-state index contributed by atoms with van der Waals surface area (Å²) in [5.41, 5.74) is 7.62. The highest BCUT2D eigenvalue weighted by Gasteiger charge is 2.23. The molecule has 2 aromatic rings. The van der Waals surface area contributed by atoms with E-state index in [-0.39, 0.29) is 5.41 Å². The summed E-state index contributed by atoms with van der Waals surface area (Å²) in [7, 11) is 0. The molecule has 0 bridgehead atoms. The molecule has 0 aliphatic heterocycles. The van der Waals surface area contributed by atoms with Gasteiger partial charge in [-0.15, -0.1) is 11.3 Å². The lowest BCUT2D eigenvalue weighted by Gasteiger charge is -2.18. The van der Waals surface area contributed by atoms with Gasteiger partial charge in [-0.25, -0.2) is 4.98 Å². The first kappa shape index (κ1) is 15.9. The third-order valence-corrected chi connectivity index (χ3v) is 4.64. The summed E-state index contributed by atoms with van der Waals surface area (Å²) in [5, 5.41) is 2.22. The minimum absolute atomic E-state index is 0.0746. The molecule has 2 nitrogen and oxygen atoms in total. The average Bonchev–Trinajstić information content (AvgIpc) is 2.64. The second-order valence-electron chi connectivity index (χ2n) is 5.60. The quantitative estimate of drug-likeness (QED) is 0.769. The van der Waals surface area contributed by atoms with Crippen molar-refractivity contribution >= 4 is 51.3 Å². The van der Waals surface area contributed by atoms with Gasteiger partial charge in [0.15, 0.2) is 5.13 Å². The van der Waals surface area contributed by atoms with E-state index in [0.717, 1.165) is 16.1 Å². The number of halogens is 3. The molecule has 0 aliphatic rings. The first-order chi connectivity index (χ1) is 9.18. The zero-order valence-electron chi connectivity index (χ0n) is 11.4. The van der Waals surface area contributed by atoms with Gasteiger partial charge in [-0.05, 0) is 17.7 Å². The van der Waals surface area contributed by atoms with Crippen LogP contribution in [0.4, 0.5) is 5.13 Å². The molecule has 6 heteroatoms. The first-order valence-electron chi connectivity index (χ1n) is 6.07. The average molecular weight is 350 g/mol. The van der Waals surface area contributed by atoms with E-state index in [1.54, 1.807) is 12.1 Å². The number of anilines is 1. The Morgan fingerprint density at radius 1 is 1.15 bits per heavy atom. The van der Waals surface area contributed by atoms with Crippen LogP contribution in [0.3, 0.4) is 0 Å². The van der Waals surface area contributed by atoms with Gasteiger partial charge < -0.3 is 5.73 Å². The minimum atomic E-state index is -0.0746. The Bertz CT molecular complexity index is 621. The molecule has 1 heterocycles. The van der Waals surface area contributed by atoms with Gasteiger partial charge >= 0.3 is 0 Å². The number of nitrogen functional groups attached to an aromatic ring is 1. The maximum Gasteiger partial charge on any atom is 0.180 e. The van der Waals surface area contributed by atoms with E-state index < -0.39 is 0 Å². The van der Waals surface area contributed by atoms with Crippen LogP contribution in [0.2, 0.25) is 15.1 Å². The molecule has 2 rings (SSSR count). The molecule has 0 fully saturated rings. The lowest BCUT2D eigenvalue weighted by Crippen LogP contribution is -2.14. The zero-order chi connectivity index (χ0) is 15.1. The van der Waals surface area contributed by atoms with E-state index in [2.05, 4.69) is 25.8 Å². The summed E-state index contributed by atoms with van der Waals surface area (Å²) in [6, 6.07) is 3.40. The monoisotopic (exact) mass is 348 g/mol. The largest absolute Gasteiger partial charge is 0.375 e. The Morgan fingerprint density at radius 2 is 1.70 bits per heavy atom. The Kier molecular flexibility index (Phi) is 4.55. The molecule has 2 N–H and O–H groups in total. The Labute approximate surface area is 137 Å². The summed E-state index contributed by atoms with van der Waals surface area (Å²) < 4.78 is 0. The summed E-state index contributed by atoms with van der Waals surface area (Å²) in [6.07, 6.45) is 0.607. The van der Waals surface area contributed by atoms with Crippen molar-refractivity contribution < 1.29 is 0 Å². The summed E-state index contributed by atoms with van der Waals surface area (Å²) in [5.74, 6) is 0. The highest BCUT2D eigenvalue weighted by Crippen LogP contribution is 2.36. The molecule has 0 saturated heterocycles. The molecule has 0 spiro atoms. The van der Waals surface area contributed by atoms with Crippen molar-refractivity contribution in [3.8, 4) is 0 Å². The normalized spacial score (nSPS) is 11.9. The van der Waals surface area contributed by atoms with E-state index in [1.807, 2.05) is 0 Å². The third kappa shape index (κ3) is 3.40. The van der Waals surface area contributed by atoms with Gasteiger partial charge in [-0.1, -0.05) is 55.6 Å². The van der Waals surface area contributed by atoms with Crippen molar-refractivity contribution in [2.45, 2.75) is 32.6 Å². The fourth-order valence-electron chi connectivity index (χ4n) is 1.98. The van der Waals surface area contributed by atoms with Crippen LogP contribution in [0, 0.1) is 0 Å². The van der Waals surface area contributed by atoms with E-state index in [9.17, 15) is 0 Å². The Morgan fingerprint density at radius 3 is 2.20 bits per heavy atom.